The van der Waals surface area contributed by atoms with Crippen LogP contribution in [-0.4, -0.2) is 21.8 Å². The van der Waals surface area contributed by atoms with Crippen LogP contribution in [0.2, 0.25) is 0 Å². The number of nitro benzene ring substituents is 1. The summed E-state index contributed by atoms with van der Waals surface area (Å²) in [6.45, 7) is 3.95. The number of hydrogen-bond acceptors (Lipinski definition) is 4. The summed E-state index contributed by atoms with van der Waals surface area (Å²) >= 11 is 0. The van der Waals surface area contributed by atoms with Crippen LogP contribution in [0.5, 0.6) is 0 Å². The van der Waals surface area contributed by atoms with E-state index in [2.05, 4.69) is 5.32 Å². The lowest BCUT2D eigenvalue weighted by Gasteiger charge is -2.41. The highest BCUT2D eigenvalue weighted by Gasteiger charge is 2.37. The fourth-order valence-corrected chi connectivity index (χ4v) is 3.03. The summed E-state index contributed by atoms with van der Waals surface area (Å²) in [6, 6.07) is 13.8. The Morgan fingerprint density at radius 1 is 1.21 bits per heavy atom. The second-order valence-corrected chi connectivity index (χ2v) is 5.88. The molecule has 0 aromatic heterocycles. The van der Waals surface area contributed by atoms with E-state index in [0.717, 1.165) is 6.42 Å². The van der Waals surface area contributed by atoms with Gasteiger partial charge >= 0.3 is 0 Å². The number of fused-ring (bicyclic) bond motifs is 1. The first kappa shape index (κ1) is 16.0. The van der Waals surface area contributed by atoms with Crippen molar-refractivity contribution in [3.63, 3.8) is 0 Å². The number of nitrogens with one attached hydrogen (secondary N) is 1. The van der Waals surface area contributed by atoms with Gasteiger partial charge < -0.3 is 10.2 Å². The Hall–Kier alpha value is -2.89. The predicted molar refractivity (Wildman–Crippen MR) is 91.8 cm³/mol. The molecule has 0 bridgehead atoms. The number of carbonyl (C=O) groups excluding carboxylic acids is 1. The second kappa shape index (κ2) is 6.31. The molecule has 1 aliphatic rings. The molecule has 6 heteroatoms. The number of nitrogens with zero attached hydrogens (tertiary/aromatic N) is 2. The fraction of sp³-hybridized carbons (Fsp3) is 0.278. The van der Waals surface area contributed by atoms with Crippen molar-refractivity contribution in [3.05, 3.63) is 69.8 Å². The molecular formula is C18H19N3O3. The van der Waals surface area contributed by atoms with Gasteiger partial charge in [-0.15, -0.1) is 0 Å². The molecule has 1 N–H and O–H groups in total. The molecule has 1 heterocycles. The molecule has 124 valence electrons. The highest BCUT2D eigenvalue weighted by atomic mass is 16.6. The molecule has 0 aliphatic carbocycles. The molecule has 2 atom stereocenters. The standard InChI is InChI=1S/C18H19N3O3/c1-3-12(2)20-17(14-9-5-7-11-16(14)21(23)24)19-15-10-6-4-8-13(15)18(20)22/h4-12,17,19H,3H2,1-2H3/t12-,17-/m1/s1. The molecule has 0 saturated carbocycles. The van der Waals surface area contributed by atoms with E-state index in [-0.39, 0.29) is 17.6 Å². The van der Waals surface area contributed by atoms with Gasteiger partial charge in [0.1, 0.15) is 6.17 Å². The smallest absolute Gasteiger partial charge is 0.276 e. The molecule has 0 radical (unpaired) electrons. The fourth-order valence-electron chi connectivity index (χ4n) is 3.03. The number of rotatable bonds is 4. The van der Waals surface area contributed by atoms with E-state index in [0.29, 0.717) is 16.8 Å². The van der Waals surface area contributed by atoms with Crippen molar-refractivity contribution in [3.8, 4) is 0 Å². The van der Waals surface area contributed by atoms with Gasteiger partial charge in [-0.2, -0.15) is 0 Å². The van der Waals surface area contributed by atoms with E-state index < -0.39 is 11.1 Å². The van der Waals surface area contributed by atoms with Crippen molar-refractivity contribution in [1.29, 1.82) is 0 Å². The minimum absolute atomic E-state index is 0.00971. The average Bonchev–Trinajstić information content (AvgIpc) is 2.61. The molecule has 0 saturated heterocycles. The molecule has 0 unspecified atom stereocenters. The Morgan fingerprint density at radius 2 is 1.88 bits per heavy atom. The summed E-state index contributed by atoms with van der Waals surface area (Å²) in [7, 11) is 0. The first-order valence-electron chi connectivity index (χ1n) is 7.96. The van der Waals surface area contributed by atoms with Crippen molar-refractivity contribution in [2.45, 2.75) is 32.5 Å². The summed E-state index contributed by atoms with van der Waals surface area (Å²) in [4.78, 5) is 25.7. The molecule has 24 heavy (non-hydrogen) atoms. The quantitative estimate of drug-likeness (QED) is 0.682. The lowest BCUT2D eigenvalue weighted by molar-refractivity contribution is -0.385. The molecule has 0 fully saturated rings. The van der Waals surface area contributed by atoms with E-state index >= 15 is 0 Å². The Kier molecular flexibility index (Phi) is 4.20. The number of nitro groups is 1. The number of carbonyl (C=O) groups is 1. The van der Waals surface area contributed by atoms with E-state index in [1.807, 2.05) is 32.0 Å². The topological polar surface area (TPSA) is 75.5 Å². The molecule has 2 aromatic carbocycles. The lowest BCUT2D eigenvalue weighted by atomic mass is 10.00. The van der Waals surface area contributed by atoms with Gasteiger partial charge in [-0.1, -0.05) is 31.2 Å². The largest absolute Gasteiger partial charge is 0.361 e. The lowest BCUT2D eigenvalue weighted by Crippen LogP contribution is -2.47. The van der Waals surface area contributed by atoms with Gasteiger partial charge in [-0.3, -0.25) is 14.9 Å². The van der Waals surface area contributed by atoms with Gasteiger partial charge in [0.2, 0.25) is 0 Å². The Labute approximate surface area is 140 Å². The minimum Gasteiger partial charge on any atom is -0.361 e. The third-order valence-corrected chi connectivity index (χ3v) is 4.46. The molecular weight excluding hydrogens is 306 g/mol. The van der Waals surface area contributed by atoms with Crippen LogP contribution in [0, 0.1) is 10.1 Å². The zero-order chi connectivity index (χ0) is 17.3. The van der Waals surface area contributed by atoms with Crippen LogP contribution < -0.4 is 5.32 Å². The number of hydrogen-bond donors (Lipinski definition) is 1. The first-order chi connectivity index (χ1) is 11.5. The molecule has 6 nitrogen and oxygen atoms in total. The van der Waals surface area contributed by atoms with E-state index in [4.69, 9.17) is 0 Å². The average molecular weight is 325 g/mol. The summed E-state index contributed by atoms with van der Waals surface area (Å²) in [5.41, 5.74) is 1.79. The number of benzene rings is 2. The summed E-state index contributed by atoms with van der Waals surface area (Å²) < 4.78 is 0. The van der Waals surface area contributed by atoms with Gasteiger partial charge in [-0.05, 0) is 31.5 Å². The van der Waals surface area contributed by atoms with Gasteiger partial charge in [0.25, 0.3) is 11.6 Å². The van der Waals surface area contributed by atoms with Crippen LogP contribution in [0.15, 0.2) is 48.5 Å². The monoisotopic (exact) mass is 325 g/mol. The third-order valence-electron chi connectivity index (χ3n) is 4.46. The Bertz CT molecular complexity index is 791. The SMILES string of the molecule is CC[C@@H](C)N1C(=O)c2ccccc2N[C@H]1c1ccccc1[N+](=O)[O-]. The van der Waals surface area contributed by atoms with Crippen LogP contribution in [0.1, 0.15) is 42.4 Å². The van der Waals surface area contributed by atoms with Gasteiger partial charge in [-0.25, -0.2) is 0 Å². The highest BCUT2D eigenvalue weighted by Crippen LogP contribution is 2.38. The Morgan fingerprint density at radius 3 is 2.58 bits per heavy atom. The molecule has 1 amide bonds. The minimum atomic E-state index is -0.566. The maximum absolute atomic E-state index is 13.0. The van der Waals surface area contributed by atoms with E-state index in [1.165, 1.54) is 6.07 Å². The van der Waals surface area contributed by atoms with Crippen molar-refractivity contribution in [1.82, 2.24) is 4.90 Å². The molecule has 2 aromatic rings. The number of amides is 1. The zero-order valence-electron chi connectivity index (χ0n) is 13.6. The van der Waals surface area contributed by atoms with Crippen LogP contribution in [0.3, 0.4) is 0 Å². The van der Waals surface area contributed by atoms with Crippen molar-refractivity contribution in [2.75, 3.05) is 5.32 Å². The summed E-state index contributed by atoms with van der Waals surface area (Å²) in [5.74, 6) is -0.109. The van der Waals surface area contributed by atoms with Crippen LogP contribution in [-0.2, 0) is 0 Å². The van der Waals surface area contributed by atoms with E-state index in [9.17, 15) is 14.9 Å². The first-order valence-corrected chi connectivity index (χ1v) is 7.96. The van der Waals surface area contributed by atoms with E-state index in [1.54, 1.807) is 29.2 Å². The normalized spacial score (nSPS) is 17.8. The maximum Gasteiger partial charge on any atom is 0.276 e. The van der Waals surface area contributed by atoms with Crippen molar-refractivity contribution < 1.29 is 9.72 Å². The predicted octanol–water partition coefficient (Wildman–Crippen LogP) is 3.96. The molecule has 3 rings (SSSR count). The highest BCUT2D eigenvalue weighted by molar-refractivity contribution is 6.02. The van der Waals surface area contributed by atoms with Gasteiger partial charge in [0.05, 0.1) is 16.1 Å². The van der Waals surface area contributed by atoms with Crippen molar-refractivity contribution >= 4 is 17.3 Å². The second-order valence-electron chi connectivity index (χ2n) is 5.88. The van der Waals surface area contributed by atoms with Gasteiger partial charge in [0.15, 0.2) is 0 Å². The number of para-hydroxylation sites is 2. The molecule has 1 aliphatic heterocycles. The zero-order valence-corrected chi connectivity index (χ0v) is 13.6. The number of anilines is 1. The van der Waals surface area contributed by atoms with Gasteiger partial charge in [0, 0.05) is 17.8 Å². The van der Waals surface area contributed by atoms with Crippen molar-refractivity contribution in [2.24, 2.45) is 0 Å². The summed E-state index contributed by atoms with van der Waals surface area (Å²) in [5, 5.41) is 14.7. The van der Waals surface area contributed by atoms with Crippen LogP contribution >= 0.6 is 0 Å². The maximum atomic E-state index is 13.0. The summed E-state index contributed by atoms with van der Waals surface area (Å²) in [6.07, 6.45) is 0.191. The van der Waals surface area contributed by atoms with Crippen LogP contribution in [0.4, 0.5) is 11.4 Å². The van der Waals surface area contributed by atoms with Crippen LogP contribution in [0.25, 0.3) is 0 Å². The third kappa shape index (κ3) is 2.60. The molecule has 0 spiro atoms. The Balaban J connectivity index is 2.15.